The van der Waals surface area contributed by atoms with Crippen molar-refractivity contribution in [1.29, 1.82) is 0 Å². The summed E-state index contributed by atoms with van der Waals surface area (Å²) in [6.45, 7) is 10.6. The zero-order valence-electron chi connectivity index (χ0n) is 12.5. The summed E-state index contributed by atoms with van der Waals surface area (Å²) in [5.41, 5.74) is 0. The molecule has 2 fully saturated rings. The highest BCUT2D eigenvalue weighted by atomic mass is 16.2. The molecule has 0 saturated carbocycles. The van der Waals surface area contributed by atoms with Crippen LogP contribution < -0.4 is 5.32 Å². The van der Waals surface area contributed by atoms with Gasteiger partial charge in [0.05, 0.1) is 0 Å². The van der Waals surface area contributed by atoms with Gasteiger partial charge < -0.3 is 10.2 Å². The van der Waals surface area contributed by atoms with Crippen molar-refractivity contribution in [2.75, 3.05) is 39.3 Å². The van der Waals surface area contributed by atoms with Crippen LogP contribution in [0.5, 0.6) is 0 Å². The van der Waals surface area contributed by atoms with Crippen LogP contribution in [0.2, 0.25) is 0 Å². The van der Waals surface area contributed by atoms with Gasteiger partial charge in [-0.1, -0.05) is 13.8 Å². The minimum absolute atomic E-state index is 0.357. The van der Waals surface area contributed by atoms with Gasteiger partial charge >= 0.3 is 0 Å². The van der Waals surface area contributed by atoms with E-state index in [0.717, 1.165) is 45.6 Å². The van der Waals surface area contributed by atoms with E-state index in [1.54, 1.807) is 0 Å². The Bertz CT molecular complexity index is 279. The van der Waals surface area contributed by atoms with E-state index < -0.39 is 0 Å². The molecule has 0 aromatic heterocycles. The quantitative estimate of drug-likeness (QED) is 0.834. The summed E-state index contributed by atoms with van der Waals surface area (Å²) in [7, 11) is 0. The molecule has 2 heterocycles. The van der Waals surface area contributed by atoms with Crippen LogP contribution in [0, 0.1) is 5.92 Å². The van der Waals surface area contributed by atoms with Crippen LogP contribution in [0.1, 0.15) is 39.5 Å². The second kappa shape index (κ2) is 7.25. The average Bonchev–Trinajstić information content (AvgIpc) is 2.46. The first-order valence-corrected chi connectivity index (χ1v) is 7.89. The predicted octanol–water partition coefficient (Wildman–Crippen LogP) is 1.32. The molecule has 2 rings (SSSR count). The number of amides is 1. The second-order valence-electron chi connectivity index (χ2n) is 6.35. The van der Waals surface area contributed by atoms with Crippen molar-refractivity contribution < 1.29 is 4.79 Å². The van der Waals surface area contributed by atoms with E-state index in [4.69, 9.17) is 0 Å². The summed E-state index contributed by atoms with van der Waals surface area (Å²) in [6.07, 6.45) is 4.35. The third-order valence-corrected chi connectivity index (χ3v) is 4.39. The Morgan fingerprint density at radius 3 is 2.58 bits per heavy atom. The van der Waals surface area contributed by atoms with Gasteiger partial charge in [-0.25, -0.2) is 0 Å². The van der Waals surface area contributed by atoms with Crippen molar-refractivity contribution in [2.24, 2.45) is 5.92 Å². The van der Waals surface area contributed by atoms with E-state index in [2.05, 4.69) is 29.0 Å². The van der Waals surface area contributed by atoms with Crippen molar-refractivity contribution >= 4 is 5.91 Å². The molecule has 4 nitrogen and oxygen atoms in total. The van der Waals surface area contributed by atoms with Crippen molar-refractivity contribution in [3.8, 4) is 0 Å². The fourth-order valence-corrected chi connectivity index (χ4v) is 3.05. The first-order chi connectivity index (χ1) is 9.16. The molecule has 1 unspecified atom stereocenters. The number of nitrogens with one attached hydrogen (secondary N) is 1. The third kappa shape index (κ3) is 4.46. The van der Waals surface area contributed by atoms with E-state index in [-0.39, 0.29) is 0 Å². The standard InChI is InChI=1S/C15H29N3O/c1-13(2)5-6-15(19)18-10-8-17(9-11-18)14-4-3-7-16-12-14/h13-14,16H,3-12H2,1-2H3. The van der Waals surface area contributed by atoms with E-state index in [1.165, 1.54) is 19.4 Å². The van der Waals surface area contributed by atoms with Crippen LogP contribution in [0.15, 0.2) is 0 Å². The molecule has 1 amide bonds. The maximum absolute atomic E-state index is 12.1. The summed E-state index contributed by atoms with van der Waals surface area (Å²) < 4.78 is 0. The molecule has 2 aliphatic heterocycles. The molecule has 0 radical (unpaired) electrons. The lowest BCUT2D eigenvalue weighted by atomic mass is 10.0. The number of nitrogens with zero attached hydrogens (tertiary/aromatic N) is 2. The topological polar surface area (TPSA) is 35.6 Å². The minimum atomic E-state index is 0.357. The zero-order chi connectivity index (χ0) is 13.7. The normalized spacial score (nSPS) is 25.8. The molecule has 0 spiro atoms. The largest absolute Gasteiger partial charge is 0.340 e. The number of hydrogen-bond donors (Lipinski definition) is 1. The van der Waals surface area contributed by atoms with E-state index in [1.807, 2.05) is 0 Å². The van der Waals surface area contributed by atoms with Crippen LogP contribution >= 0.6 is 0 Å². The summed E-state index contributed by atoms with van der Waals surface area (Å²) >= 11 is 0. The van der Waals surface area contributed by atoms with Gasteiger partial charge in [-0.15, -0.1) is 0 Å². The predicted molar refractivity (Wildman–Crippen MR) is 78.1 cm³/mol. The maximum atomic E-state index is 12.1. The molecule has 2 aliphatic rings. The first kappa shape index (κ1) is 14.8. The summed E-state index contributed by atoms with van der Waals surface area (Å²) in [6, 6.07) is 0.696. The van der Waals surface area contributed by atoms with Gasteiger partial charge in [0.15, 0.2) is 0 Å². The molecule has 110 valence electrons. The van der Waals surface area contributed by atoms with Gasteiger partial charge in [-0.3, -0.25) is 9.69 Å². The van der Waals surface area contributed by atoms with Crippen molar-refractivity contribution in [3.63, 3.8) is 0 Å². The lowest BCUT2D eigenvalue weighted by Gasteiger charge is -2.41. The van der Waals surface area contributed by atoms with E-state index in [9.17, 15) is 4.79 Å². The molecule has 0 aromatic rings. The molecule has 19 heavy (non-hydrogen) atoms. The summed E-state index contributed by atoms with van der Waals surface area (Å²) in [4.78, 5) is 16.7. The summed E-state index contributed by atoms with van der Waals surface area (Å²) in [5.74, 6) is 0.980. The van der Waals surface area contributed by atoms with Gasteiger partial charge in [0, 0.05) is 45.2 Å². The van der Waals surface area contributed by atoms with Crippen LogP contribution in [0.4, 0.5) is 0 Å². The molecule has 0 aromatic carbocycles. The van der Waals surface area contributed by atoms with Gasteiger partial charge in [0.1, 0.15) is 0 Å². The Morgan fingerprint density at radius 2 is 2.00 bits per heavy atom. The molecule has 1 atom stereocenters. The van der Waals surface area contributed by atoms with Gasteiger partial charge in [0.25, 0.3) is 0 Å². The fourth-order valence-electron chi connectivity index (χ4n) is 3.05. The van der Waals surface area contributed by atoms with E-state index in [0.29, 0.717) is 17.9 Å². The molecular weight excluding hydrogens is 238 g/mol. The highest BCUT2D eigenvalue weighted by Gasteiger charge is 2.26. The number of rotatable bonds is 4. The molecule has 0 aliphatic carbocycles. The van der Waals surface area contributed by atoms with Gasteiger partial charge in [-0.2, -0.15) is 0 Å². The summed E-state index contributed by atoms with van der Waals surface area (Å²) in [5, 5.41) is 3.48. The van der Waals surface area contributed by atoms with E-state index >= 15 is 0 Å². The van der Waals surface area contributed by atoms with Crippen LogP contribution in [0.3, 0.4) is 0 Å². The Balaban J connectivity index is 1.70. The van der Waals surface area contributed by atoms with Crippen LogP contribution in [0.25, 0.3) is 0 Å². The number of carbonyl (C=O) groups excluding carboxylic acids is 1. The van der Waals surface area contributed by atoms with Crippen LogP contribution in [-0.2, 0) is 4.79 Å². The first-order valence-electron chi connectivity index (χ1n) is 7.89. The van der Waals surface area contributed by atoms with Crippen LogP contribution in [-0.4, -0.2) is 61.0 Å². The van der Waals surface area contributed by atoms with Gasteiger partial charge in [-0.05, 0) is 31.7 Å². The zero-order valence-corrected chi connectivity index (χ0v) is 12.5. The molecular formula is C15H29N3O. The second-order valence-corrected chi connectivity index (χ2v) is 6.35. The minimum Gasteiger partial charge on any atom is -0.340 e. The number of carbonyl (C=O) groups is 1. The molecule has 2 saturated heterocycles. The highest BCUT2D eigenvalue weighted by molar-refractivity contribution is 5.76. The molecule has 1 N–H and O–H groups in total. The monoisotopic (exact) mass is 267 g/mol. The number of piperazine rings is 1. The SMILES string of the molecule is CC(C)CCC(=O)N1CCN(C2CCCNC2)CC1. The lowest BCUT2D eigenvalue weighted by molar-refractivity contribution is -0.133. The van der Waals surface area contributed by atoms with Crippen molar-refractivity contribution in [3.05, 3.63) is 0 Å². The Labute approximate surface area is 117 Å². The Kier molecular flexibility index (Phi) is 5.64. The average molecular weight is 267 g/mol. The number of hydrogen-bond acceptors (Lipinski definition) is 3. The van der Waals surface area contributed by atoms with Crippen molar-refractivity contribution in [1.82, 2.24) is 15.1 Å². The molecule has 4 heteroatoms. The Hall–Kier alpha value is -0.610. The third-order valence-electron chi connectivity index (χ3n) is 4.39. The fraction of sp³-hybridized carbons (Fsp3) is 0.933. The molecule has 0 bridgehead atoms. The Morgan fingerprint density at radius 1 is 1.26 bits per heavy atom. The lowest BCUT2D eigenvalue weighted by Crippen LogP contribution is -2.55. The van der Waals surface area contributed by atoms with Crippen molar-refractivity contribution in [2.45, 2.75) is 45.6 Å². The maximum Gasteiger partial charge on any atom is 0.222 e. The van der Waals surface area contributed by atoms with Gasteiger partial charge in [0.2, 0.25) is 5.91 Å². The smallest absolute Gasteiger partial charge is 0.222 e. The number of piperidine rings is 1. The highest BCUT2D eigenvalue weighted by Crippen LogP contribution is 2.14.